The number of benzene rings is 3. The summed E-state index contributed by atoms with van der Waals surface area (Å²) in [4.78, 5) is 14.3. The third-order valence-electron chi connectivity index (χ3n) is 4.55. The van der Waals surface area contributed by atoms with E-state index in [2.05, 4.69) is 22.4 Å². The highest BCUT2D eigenvalue weighted by molar-refractivity contribution is 6.05. The number of ether oxygens (including phenoxy) is 1. The summed E-state index contributed by atoms with van der Waals surface area (Å²) >= 11 is 0. The second kappa shape index (κ2) is 8.14. The first-order valence-corrected chi connectivity index (χ1v) is 9.61. The van der Waals surface area contributed by atoms with Crippen molar-refractivity contribution in [3.8, 4) is 11.4 Å². The van der Waals surface area contributed by atoms with Crippen molar-refractivity contribution in [1.82, 2.24) is 15.0 Å². The highest BCUT2D eigenvalue weighted by atomic mass is 16.5. The van der Waals surface area contributed by atoms with Crippen molar-refractivity contribution < 1.29 is 9.53 Å². The van der Waals surface area contributed by atoms with Crippen molar-refractivity contribution in [3.63, 3.8) is 0 Å². The van der Waals surface area contributed by atoms with Gasteiger partial charge in [0.1, 0.15) is 16.8 Å². The first-order valence-electron chi connectivity index (χ1n) is 9.61. The molecule has 0 aliphatic heterocycles. The van der Waals surface area contributed by atoms with Crippen LogP contribution in [0.25, 0.3) is 16.7 Å². The summed E-state index contributed by atoms with van der Waals surface area (Å²) in [6.45, 7) is 4.66. The molecule has 4 rings (SSSR count). The summed E-state index contributed by atoms with van der Waals surface area (Å²) < 4.78 is 5.57. The summed E-state index contributed by atoms with van der Waals surface area (Å²) in [6, 6.07) is 20.7. The van der Waals surface area contributed by atoms with Gasteiger partial charge in [-0.1, -0.05) is 25.1 Å². The monoisotopic (exact) mass is 386 g/mol. The molecule has 1 heterocycles. The second-order valence-electron chi connectivity index (χ2n) is 6.81. The minimum atomic E-state index is -0.176. The van der Waals surface area contributed by atoms with Gasteiger partial charge in [-0.25, -0.2) is 0 Å². The summed E-state index contributed by atoms with van der Waals surface area (Å²) in [5.74, 6) is 0.587. The van der Waals surface area contributed by atoms with Crippen LogP contribution in [-0.4, -0.2) is 27.5 Å². The first kappa shape index (κ1) is 18.7. The van der Waals surface area contributed by atoms with Crippen LogP contribution in [-0.2, 0) is 0 Å². The van der Waals surface area contributed by atoms with E-state index < -0.39 is 0 Å². The van der Waals surface area contributed by atoms with Gasteiger partial charge in [-0.05, 0) is 67.4 Å². The van der Waals surface area contributed by atoms with Crippen molar-refractivity contribution in [2.24, 2.45) is 0 Å². The van der Waals surface area contributed by atoms with Crippen LogP contribution in [0.15, 0.2) is 66.7 Å². The Labute approximate surface area is 169 Å². The van der Waals surface area contributed by atoms with E-state index in [1.54, 1.807) is 16.9 Å². The van der Waals surface area contributed by atoms with Crippen molar-refractivity contribution in [2.45, 2.75) is 20.3 Å². The molecule has 0 saturated carbocycles. The third-order valence-corrected chi connectivity index (χ3v) is 4.55. The minimum absolute atomic E-state index is 0.176. The molecule has 0 atom stereocenters. The number of aromatic nitrogens is 3. The fraction of sp³-hybridized carbons (Fsp3) is 0.174. The first-order chi connectivity index (χ1) is 14.1. The number of anilines is 1. The Morgan fingerprint density at radius 1 is 1.00 bits per heavy atom. The topological polar surface area (TPSA) is 69.0 Å². The zero-order valence-corrected chi connectivity index (χ0v) is 16.4. The Morgan fingerprint density at radius 2 is 1.69 bits per heavy atom. The number of fused-ring (bicyclic) bond motifs is 1. The van der Waals surface area contributed by atoms with Crippen LogP contribution < -0.4 is 10.1 Å². The van der Waals surface area contributed by atoms with Crippen LogP contribution in [0.2, 0.25) is 0 Å². The number of hydrogen-bond acceptors (Lipinski definition) is 4. The van der Waals surface area contributed by atoms with Crippen LogP contribution in [0.1, 0.15) is 29.3 Å². The number of nitrogens with one attached hydrogen (secondary N) is 1. The number of carbonyl (C=O) groups is 1. The van der Waals surface area contributed by atoms with Gasteiger partial charge in [-0.3, -0.25) is 4.79 Å². The maximum absolute atomic E-state index is 12.7. The Hall–Kier alpha value is -3.67. The molecule has 0 spiro atoms. The van der Waals surface area contributed by atoms with E-state index in [0.717, 1.165) is 34.5 Å². The predicted molar refractivity (Wildman–Crippen MR) is 114 cm³/mol. The lowest BCUT2D eigenvalue weighted by atomic mass is 10.1. The molecule has 0 aliphatic rings. The Morgan fingerprint density at radius 3 is 2.38 bits per heavy atom. The highest BCUT2D eigenvalue weighted by Gasteiger charge is 2.12. The van der Waals surface area contributed by atoms with Gasteiger partial charge < -0.3 is 10.1 Å². The maximum atomic E-state index is 12.7. The fourth-order valence-corrected chi connectivity index (χ4v) is 3.00. The Bertz CT molecular complexity index is 1130. The van der Waals surface area contributed by atoms with Gasteiger partial charge in [-0.15, -0.1) is 10.2 Å². The lowest BCUT2D eigenvalue weighted by molar-refractivity contribution is 0.102. The van der Waals surface area contributed by atoms with Crippen molar-refractivity contribution in [2.75, 3.05) is 11.9 Å². The molecule has 1 N–H and O–H groups in total. The number of amides is 1. The number of nitrogens with zero attached hydrogens (tertiary/aromatic N) is 3. The Balaban J connectivity index is 1.55. The van der Waals surface area contributed by atoms with E-state index in [9.17, 15) is 4.79 Å². The van der Waals surface area contributed by atoms with Crippen LogP contribution in [0.3, 0.4) is 0 Å². The molecular formula is C23H22N4O2. The van der Waals surface area contributed by atoms with Gasteiger partial charge in [0.25, 0.3) is 5.91 Å². The van der Waals surface area contributed by atoms with Crippen LogP contribution in [0.4, 0.5) is 5.69 Å². The standard InChI is InChI=1S/C23H22N4O2/c1-3-13-29-19-11-9-17(10-12-19)23(28)24-20-15-22-21(14-16(20)2)25-27(26-22)18-7-5-4-6-8-18/h4-12,14-15H,3,13H2,1-2H3,(H,24,28). The summed E-state index contributed by atoms with van der Waals surface area (Å²) in [5.41, 5.74) is 4.60. The van der Waals surface area contributed by atoms with Crippen LogP contribution >= 0.6 is 0 Å². The molecular weight excluding hydrogens is 364 g/mol. The largest absolute Gasteiger partial charge is 0.494 e. The molecule has 6 nitrogen and oxygen atoms in total. The zero-order chi connectivity index (χ0) is 20.2. The molecule has 0 radical (unpaired) electrons. The highest BCUT2D eigenvalue weighted by Crippen LogP contribution is 2.23. The predicted octanol–water partition coefficient (Wildman–Crippen LogP) is 4.77. The number of para-hydroxylation sites is 1. The Kier molecular flexibility index (Phi) is 5.24. The average molecular weight is 386 g/mol. The normalized spacial score (nSPS) is 10.8. The van der Waals surface area contributed by atoms with Gasteiger partial charge in [0.05, 0.1) is 12.3 Å². The van der Waals surface area contributed by atoms with E-state index in [1.807, 2.05) is 61.5 Å². The fourth-order valence-electron chi connectivity index (χ4n) is 3.00. The van der Waals surface area contributed by atoms with Crippen molar-refractivity contribution >= 4 is 22.6 Å². The smallest absolute Gasteiger partial charge is 0.255 e. The summed E-state index contributed by atoms with van der Waals surface area (Å²) in [5, 5.41) is 12.1. The summed E-state index contributed by atoms with van der Waals surface area (Å²) in [6.07, 6.45) is 0.943. The molecule has 0 unspecified atom stereocenters. The lowest BCUT2D eigenvalue weighted by Gasteiger charge is -2.09. The lowest BCUT2D eigenvalue weighted by Crippen LogP contribution is -2.12. The average Bonchev–Trinajstić information content (AvgIpc) is 3.16. The number of carbonyl (C=O) groups excluding carboxylic acids is 1. The van der Waals surface area contributed by atoms with E-state index in [0.29, 0.717) is 17.9 Å². The molecule has 0 bridgehead atoms. The van der Waals surface area contributed by atoms with Crippen molar-refractivity contribution in [1.29, 1.82) is 0 Å². The quantitative estimate of drug-likeness (QED) is 0.518. The zero-order valence-electron chi connectivity index (χ0n) is 16.4. The van der Waals surface area contributed by atoms with Gasteiger partial charge in [0, 0.05) is 11.3 Å². The minimum Gasteiger partial charge on any atom is -0.494 e. The third kappa shape index (κ3) is 4.11. The SMILES string of the molecule is CCCOc1ccc(C(=O)Nc2cc3nn(-c4ccccc4)nc3cc2C)cc1. The molecule has 0 fully saturated rings. The number of aryl methyl sites for hydroxylation is 1. The van der Waals surface area contributed by atoms with Gasteiger partial charge in [0.15, 0.2) is 0 Å². The van der Waals surface area contributed by atoms with Gasteiger partial charge >= 0.3 is 0 Å². The van der Waals surface area contributed by atoms with E-state index in [1.165, 1.54) is 0 Å². The molecule has 4 aromatic rings. The van der Waals surface area contributed by atoms with Gasteiger partial charge in [0.2, 0.25) is 0 Å². The molecule has 6 heteroatoms. The summed E-state index contributed by atoms with van der Waals surface area (Å²) in [7, 11) is 0. The van der Waals surface area contributed by atoms with E-state index in [4.69, 9.17) is 4.74 Å². The molecule has 0 saturated heterocycles. The van der Waals surface area contributed by atoms with E-state index >= 15 is 0 Å². The molecule has 0 aliphatic carbocycles. The van der Waals surface area contributed by atoms with E-state index in [-0.39, 0.29) is 5.91 Å². The number of hydrogen-bond donors (Lipinski definition) is 1. The van der Waals surface area contributed by atoms with Crippen LogP contribution in [0, 0.1) is 6.92 Å². The second-order valence-corrected chi connectivity index (χ2v) is 6.81. The van der Waals surface area contributed by atoms with Gasteiger partial charge in [-0.2, -0.15) is 4.80 Å². The van der Waals surface area contributed by atoms with Crippen LogP contribution in [0.5, 0.6) is 5.75 Å². The maximum Gasteiger partial charge on any atom is 0.255 e. The molecule has 3 aromatic carbocycles. The molecule has 1 amide bonds. The molecule has 29 heavy (non-hydrogen) atoms. The molecule has 1 aromatic heterocycles. The number of rotatable bonds is 6. The van der Waals surface area contributed by atoms with Crippen molar-refractivity contribution in [3.05, 3.63) is 77.9 Å². The molecule has 146 valence electrons.